The monoisotopic (exact) mass is 418 g/mol. The first-order valence-corrected chi connectivity index (χ1v) is 8.79. The molecule has 1 aromatic carbocycles. The van der Waals surface area contributed by atoms with E-state index >= 15 is 0 Å². The molecule has 4 nitrogen and oxygen atoms in total. The van der Waals surface area contributed by atoms with Crippen LogP contribution in [0.4, 0.5) is 26.3 Å². The molecule has 0 saturated heterocycles. The number of nitrogens with zero attached hydrogens (tertiary/aromatic N) is 1. The predicted molar refractivity (Wildman–Crippen MR) is 89.7 cm³/mol. The van der Waals surface area contributed by atoms with Crippen molar-refractivity contribution >= 4 is 5.91 Å². The normalized spacial score (nSPS) is 19.7. The molecule has 0 radical (unpaired) electrons. The van der Waals surface area contributed by atoms with Crippen LogP contribution in [-0.4, -0.2) is 23.0 Å². The highest BCUT2D eigenvalue weighted by Crippen LogP contribution is 2.30. The number of amides is 1. The van der Waals surface area contributed by atoms with Crippen LogP contribution in [0.2, 0.25) is 0 Å². The summed E-state index contributed by atoms with van der Waals surface area (Å²) in [6, 6.07) is 3.24. The van der Waals surface area contributed by atoms with Crippen LogP contribution in [0.1, 0.15) is 41.6 Å². The van der Waals surface area contributed by atoms with Crippen molar-refractivity contribution in [1.29, 1.82) is 0 Å². The molecule has 1 aromatic heterocycles. The third-order valence-corrected chi connectivity index (χ3v) is 4.64. The Kier molecular flexibility index (Phi) is 5.99. The summed E-state index contributed by atoms with van der Waals surface area (Å²) < 4.78 is 83.1. The van der Waals surface area contributed by atoms with Crippen molar-refractivity contribution in [2.24, 2.45) is 0 Å². The summed E-state index contributed by atoms with van der Waals surface area (Å²) in [6.07, 6.45) is -2.20. The molecule has 2 aromatic rings. The maximum absolute atomic E-state index is 13.7. The molecule has 1 aliphatic rings. The van der Waals surface area contributed by atoms with Gasteiger partial charge in [-0.05, 0) is 43.9 Å². The van der Waals surface area contributed by atoms with Crippen molar-refractivity contribution in [2.45, 2.75) is 44.0 Å². The van der Waals surface area contributed by atoms with Crippen LogP contribution in [-0.2, 0) is 6.18 Å². The van der Waals surface area contributed by atoms with Gasteiger partial charge in [0.25, 0.3) is 5.91 Å². The van der Waals surface area contributed by atoms with Crippen molar-refractivity contribution in [3.05, 3.63) is 59.0 Å². The van der Waals surface area contributed by atoms with E-state index in [1.165, 1.54) is 0 Å². The predicted octanol–water partition coefficient (Wildman–Crippen LogP) is 4.64. The zero-order valence-electron chi connectivity index (χ0n) is 14.9. The molecule has 0 atom stereocenters. The first kappa shape index (κ1) is 20.9. The molecule has 1 N–H and O–H groups in total. The number of rotatable bonds is 4. The summed E-state index contributed by atoms with van der Waals surface area (Å²) in [4.78, 5) is 15.8. The smallest absolute Gasteiger partial charge is 0.417 e. The molecule has 0 unspecified atom stereocenters. The van der Waals surface area contributed by atoms with Crippen LogP contribution >= 0.6 is 0 Å². The van der Waals surface area contributed by atoms with E-state index in [-0.39, 0.29) is 18.0 Å². The van der Waals surface area contributed by atoms with E-state index in [1.807, 2.05) is 0 Å². The maximum atomic E-state index is 13.7. The summed E-state index contributed by atoms with van der Waals surface area (Å²) >= 11 is 0. The van der Waals surface area contributed by atoms with Gasteiger partial charge in [0.2, 0.25) is 5.88 Å². The number of aromatic nitrogens is 1. The first-order valence-electron chi connectivity index (χ1n) is 8.79. The topological polar surface area (TPSA) is 51.2 Å². The lowest BCUT2D eigenvalue weighted by Gasteiger charge is -2.29. The Labute approximate surface area is 161 Å². The Hall–Kier alpha value is -2.78. The number of carbonyl (C=O) groups is 1. The fraction of sp³-hybridized carbons (Fsp3) is 0.368. The number of nitrogens with one attached hydrogen (secondary N) is 1. The van der Waals surface area contributed by atoms with Gasteiger partial charge in [0.1, 0.15) is 6.10 Å². The highest BCUT2D eigenvalue weighted by atomic mass is 19.4. The van der Waals surface area contributed by atoms with Gasteiger partial charge in [-0.25, -0.2) is 18.2 Å². The first-order chi connectivity index (χ1) is 13.6. The van der Waals surface area contributed by atoms with Crippen LogP contribution in [0.3, 0.4) is 0 Å². The number of hydrogen-bond acceptors (Lipinski definition) is 3. The van der Waals surface area contributed by atoms with Crippen LogP contribution in [0.15, 0.2) is 30.5 Å². The lowest BCUT2D eigenvalue weighted by atomic mass is 9.92. The lowest BCUT2D eigenvalue weighted by molar-refractivity contribution is -0.137. The zero-order valence-corrected chi connectivity index (χ0v) is 14.9. The fourth-order valence-corrected chi connectivity index (χ4v) is 3.08. The Morgan fingerprint density at radius 2 is 1.69 bits per heavy atom. The standard InChI is InChI=1S/C19H16F6N2O2/c20-14-7-6-13(16(21)17(14)22)18(28)27-11-2-4-12(5-3-11)29-15-8-1-10(9-26-15)19(23,24)25/h1,6-9,11-12H,2-5H2,(H,27,28). The molecular weight excluding hydrogens is 402 g/mol. The number of benzene rings is 1. The molecule has 1 heterocycles. The molecule has 1 fully saturated rings. The molecule has 29 heavy (non-hydrogen) atoms. The van der Waals surface area contributed by atoms with Gasteiger partial charge in [0, 0.05) is 18.3 Å². The average Bonchev–Trinajstić information content (AvgIpc) is 2.67. The van der Waals surface area contributed by atoms with Crippen LogP contribution in [0.5, 0.6) is 5.88 Å². The second-order valence-corrected chi connectivity index (χ2v) is 6.67. The average molecular weight is 418 g/mol. The molecule has 0 bridgehead atoms. The van der Waals surface area contributed by atoms with E-state index in [0.29, 0.717) is 37.9 Å². The molecule has 0 aliphatic heterocycles. The maximum Gasteiger partial charge on any atom is 0.417 e. The highest BCUT2D eigenvalue weighted by molar-refractivity contribution is 5.94. The molecule has 1 amide bonds. The van der Waals surface area contributed by atoms with E-state index in [9.17, 15) is 31.1 Å². The quantitative estimate of drug-likeness (QED) is 0.582. The minimum Gasteiger partial charge on any atom is -0.474 e. The summed E-state index contributed by atoms with van der Waals surface area (Å²) in [5.74, 6) is -5.43. The summed E-state index contributed by atoms with van der Waals surface area (Å²) in [7, 11) is 0. The SMILES string of the molecule is O=C(NC1CCC(Oc2ccc(C(F)(F)F)cn2)CC1)c1ccc(F)c(F)c1F. The van der Waals surface area contributed by atoms with Crippen molar-refractivity contribution in [2.75, 3.05) is 0 Å². The van der Waals surface area contributed by atoms with Crippen molar-refractivity contribution in [3.63, 3.8) is 0 Å². The van der Waals surface area contributed by atoms with Crippen LogP contribution in [0, 0.1) is 17.5 Å². The van der Waals surface area contributed by atoms with Gasteiger partial charge in [0.15, 0.2) is 17.5 Å². The van der Waals surface area contributed by atoms with Crippen LogP contribution in [0.25, 0.3) is 0 Å². The second kappa shape index (κ2) is 8.30. The summed E-state index contributed by atoms with van der Waals surface area (Å²) in [5, 5.41) is 2.57. The van der Waals surface area contributed by atoms with E-state index in [0.717, 1.165) is 18.2 Å². The van der Waals surface area contributed by atoms with Gasteiger partial charge in [-0.3, -0.25) is 4.79 Å². The van der Waals surface area contributed by atoms with E-state index in [4.69, 9.17) is 4.74 Å². The Balaban J connectivity index is 1.52. The highest BCUT2D eigenvalue weighted by Gasteiger charge is 2.31. The number of pyridine rings is 1. The largest absolute Gasteiger partial charge is 0.474 e. The summed E-state index contributed by atoms with van der Waals surface area (Å²) in [6.45, 7) is 0. The minimum absolute atomic E-state index is 0.0642. The third kappa shape index (κ3) is 4.99. The molecule has 156 valence electrons. The van der Waals surface area contributed by atoms with Gasteiger partial charge in [-0.2, -0.15) is 13.2 Å². The molecule has 3 rings (SSSR count). The van der Waals surface area contributed by atoms with Gasteiger partial charge in [-0.15, -0.1) is 0 Å². The van der Waals surface area contributed by atoms with Gasteiger partial charge in [0.05, 0.1) is 11.1 Å². The van der Waals surface area contributed by atoms with Crippen LogP contribution < -0.4 is 10.1 Å². The van der Waals surface area contributed by atoms with E-state index in [2.05, 4.69) is 10.3 Å². The van der Waals surface area contributed by atoms with Crippen molar-refractivity contribution in [3.8, 4) is 5.88 Å². The minimum atomic E-state index is -4.48. The zero-order chi connectivity index (χ0) is 21.2. The summed E-state index contributed by atoms with van der Waals surface area (Å²) in [5.41, 5.74) is -1.46. The molecule has 10 heteroatoms. The number of alkyl halides is 3. The lowest BCUT2D eigenvalue weighted by Crippen LogP contribution is -2.40. The Morgan fingerprint density at radius 3 is 2.28 bits per heavy atom. The van der Waals surface area contributed by atoms with Gasteiger partial charge < -0.3 is 10.1 Å². The molecule has 1 aliphatic carbocycles. The van der Waals surface area contributed by atoms with Gasteiger partial charge in [-0.1, -0.05) is 0 Å². The number of carbonyl (C=O) groups excluding carboxylic acids is 1. The van der Waals surface area contributed by atoms with E-state index < -0.39 is 40.7 Å². The Bertz CT molecular complexity index is 878. The Morgan fingerprint density at radius 1 is 1.00 bits per heavy atom. The molecular formula is C19H16F6N2O2. The van der Waals surface area contributed by atoms with Gasteiger partial charge >= 0.3 is 6.18 Å². The second-order valence-electron chi connectivity index (χ2n) is 6.67. The number of hydrogen-bond donors (Lipinski definition) is 1. The molecule has 0 spiro atoms. The van der Waals surface area contributed by atoms with Crippen molar-refractivity contribution in [1.82, 2.24) is 10.3 Å². The molecule has 1 saturated carbocycles. The van der Waals surface area contributed by atoms with E-state index in [1.54, 1.807) is 0 Å². The van der Waals surface area contributed by atoms with Crippen molar-refractivity contribution < 1.29 is 35.9 Å². The third-order valence-electron chi connectivity index (χ3n) is 4.64. The number of halogens is 6. The number of ether oxygens (including phenoxy) is 1. The fourth-order valence-electron chi connectivity index (χ4n) is 3.08.